The lowest BCUT2D eigenvalue weighted by atomic mass is 9.74. The maximum absolute atomic E-state index is 14.0. The highest BCUT2D eigenvalue weighted by Crippen LogP contribution is 2.41. The van der Waals surface area contributed by atoms with Crippen LogP contribution in [0.2, 0.25) is 0 Å². The van der Waals surface area contributed by atoms with E-state index in [2.05, 4.69) is 17.4 Å². The van der Waals surface area contributed by atoms with Gasteiger partial charge in [0, 0.05) is 0 Å². The lowest BCUT2D eigenvalue weighted by Crippen LogP contribution is -2.17. The fourth-order valence-corrected chi connectivity index (χ4v) is 4.99. The summed E-state index contributed by atoms with van der Waals surface area (Å²) in [4.78, 5) is 0. The van der Waals surface area contributed by atoms with Gasteiger partial charge in [-0.3, -0.25) is 0 Å². The van der Waals surface area contributed by atoms with Crippen LogP contribution in [-0.4, -0.2) is 6.61 Å². The summed E-state index contributed by atoms with van der Waals surface area (Å²) in [6.07, 6.45) is 13.7. The van der Waals surface area contributed by atoms with Gasteiger partial charge < -0.3 is 4.74 Å². The van der Waals surface area contributed by atoms with Crippen LogP contribution in [0, 0.1) is 29.4 Å². The van der Waals surface area contributed by atoms with E-state index in [-0.39, 0.29) is 5.92 Å². The Morgan fingerprint density at radius 2 is 1.39 bits per heavy atom. The van der Waals surface area contributed by atoms with E-state index in [0.717, 1.165) is 43.7 Å². The molecule has 3 rings (SSSR count). The van der Waals surface area contributed by atoms with Crippen molar-refractivity contribution in [3.63, 3.8) is 0 Å². The third-order valence-electron chi connectivity index (χ3n) is 6.75. The van der Waals surface area contributed by atoms with E-state index in [1.807, 2.05) is 0 Å². The predicted octanol–water partition coefficient (Wildman–Crippen LogP) is 7.61. The van der Waals surface area contributed by atoms with Crippen molar-refractivity contribution in [3.8, 4) is 5.75 Å². The summed E-state index contributed by atoms with van der Waals surface area (Å²) in [6.45, 7) is 0.663. The van der Waals surface area contributed by atoms with Crippen LogP contribution in [0.5, 0.6) is 5.75 Å². The average Bonchev–Trinajstić information content (AvgIpc) is 2.69. The van der Waals surface area contributed by atoms with Gasteiger partial charge in [0.05, 0.1) is 0 Å². The Labute approximate surface area is 165 Å². The van der Waals surface area contributed by atoms with Crippen molar-refractivity contribution < 1.29 is 22.3 Å². The molecule has 0 N–H and O–H groups in total. The molecule has 2 saturated carbocycles. The molecule has 0 aromatic heterocycles. The summed E-state index contributed by atoms with van der Waals surface area (Å²) in [5.41, 5.74) is 0.554. The Balaban J connectivity index is 1.47. The number of hydrogen-bond acceptors (Lipinski definition) is 1. The summed E-state index contributed by atoms with van der Waals surface area (Å²) >= 11 is 0. The molecule has 28 heavy (non-hydrogen) atoms. The number of benzene rings is 1. The summed E-state index contributed by atoms with van der Waals surface area (Å²) in [7, 11) is 0. The van der Waals surface area contributed by atoms with Crippen LogP contribution in [0.15, 0.2) is 24.8 Å². The third-order valence-corrected chi connectivity index (χ3v) is 6.75. The van der Waals surface area contributed by atoms with Gasteiger partial charge in [0.15, 0.2) is 17.4 Å². The van der Waals surface area contributed by atoms with Crippen molar-refractivity contribution in [2.75, 3.05) is 0 Å². The molecule has 2 fully saturated rings. The first-order chi connectivity index (χ1) is 13.5. The molecule has 0 bridgehead atoms. The molecule has 0 unspecified atom stereocenters. The molecule has 0 heterocycles. The smallest absolute Gasteiger partial charge is 0.387 e. The molecule has 5 heteroatoms. The van der Waals surface area contributed by atoms with Crippen LogP contribution in [0.3, 0.4) is 0 Å². The van der Waals surface area contributed by atoms with E-state index in [4.69, 9.17) is 0 Å². The quantitative estimate of drug-likeness (QED) is 0.339. The molecule has 0 amide bonds. The zero-order valence-corrected chi connectivity index (χ0v) is 16.3. The first-order valence-electron chi connectivity index (χ1n) is 10.5. The van der Waals surface area contributed by atoms with E-state index >= 15 is 0 Å². The standard InChI is InChI=1S/C23H30F4O/c1-2-15-3-5-16(6-4-15)7-8-17-9-11-18(12-10-17)19-13-20(24)22(21(25)14-19)28-23(26)27/h2,13-18,23H,1,3-12H2. The van der Waals surface area contributed by atoms with Crippen LogP contribution in [0.4, 0.5) is 17.6 Å². The number of rotatable bonds is 7. The first kappa shape index (κ1) is 21.2. The van der Waals surface area contributed by atoms with Crippen molar-refractivity contribution in [2.24, 2.45) is 17.8 Å². The molecule has 156 valence electrons. The molecule has 0 spiro atoms. The fourth-order valence-electron chi connectivity index (χ4n) is 4.99. The monoisotopic (exact) mass is 398 g/mol. The van der Waals surface area contributed by atoms with E-state index in [1.54, 1.807) is 0 Å². The third kappa shape index (κ3) is 5.51. The van der Waals surface area contributed by atoms with Gasteiger partial charge in [0.25, 0.3) is 0 Å². The molecule has 0 aliphatic heterocycles. The zero-order chi connectivity index (χ0) is 20.1. The lowest BCUT2D eigenvalue weighted by Gasteiger charge is -2.31. The Morgan fingerprint density at radius 1 is 0.893 bits per heavy atom. The van der Waals surface area contributed by atoms with Crippen molar-refractivity contribution in [3.05, 3.63) is 42.0 Å². The van der Waals surface area contributed by atoms with Gasteiger partial charge in [-0.05, 0) is 92.7 Å². The maximum Gasteiger partial charge on any atom is 0.387 e. The number of allylic oxidation sites excluding steroid dienone is 1. The summed E-state index contributed by atoms with van der Waals surface area (Å²) in [5, 5.41) is 0. The highest BCUT2D eigenvalue weighted by molar-refractivity contribution is 5.33. The normalized spacial score (nSPS) is 28.3. The van der Waals surface area contributed by atoms with Gasteiger partial charge in [-0.2, -0.15) is 8.78 Å². The number of halogens is 4. The summed E-state index contributed by atoms with van der Waals surface area (Å²) in [6, 6.07) is 2.31. The highest BCUT2D eigenvalue weighted by Gasteiger charge is 2.26. The first-order valence-corrected chi connectivity index (χ1v) is 10.5. The second-order valence-corrected chi connectivity index (χ2v) is 8.50. The number of ether oxygens (including phenoxy) is 1. The molecule has 2 aliphatic rings. The Bertz CT molecular complexity index is 621. The van der Waals surface area contributed by atoms with Gasteiger partial charge in [-0.15, -0.1) is 6.58 Å². The molecule has 0 atom stereocenters. The van der Waals surface area contributed by atoms with Crippen LogP contribution in [0.25, 0.3) is 0 Å². The topological polar surface area (TPSA) is 9.23 Å². The van der Waals surface area contributed by atoms with Crippen LogP contribution < -0.4 is 4.74 Å². The Hall–Kier alpha value is -1.52. The molecule has 1 nitrogen and oxygen atoms in total. The van der Waals surface area contributed by atoms with E-state index in [1.165, 1.54) is 38.5 Å². The van der Waals surface area contributed by atoms with Crippen LogP contribution >= 0.6 is 0 Å². The number of hydrogen-bond donors (Lipinski definition) is 0. The maximum atomic E-state index is 14.0. The molecule has 1 aromatic carbocycles. The number of alkyl halides is 2. The van der Waals surface area contributed by atoms with E-state index in [9.17, 15) is 17.6 Å². The van der Waals surface area contributed by atoms with Crippen molar-refractivity contribution >= 4 is 0 Å². The van der Waals surface area contributed by atoms with Crippen molar-refractivity contribution in [2.45, 2.75) is 76.7 Å². The Kier molecular flexibility index (Phi) is 7.42. The van der Waals surface area contributed by atoms with Gasteiger partial charge >= 0.3 is 6.61 Å². The minimum atomic E-state index is -3.24. The van der Waals surface area contributed by atoms with Crippen molar-refractivity contribution in [1.29, 1.82) is 0 Å². The SMILES string of the molecule is C=CC1CCC(CCC2CCC(c3cc(F)c(OC(F)F)c(F)c3)CC2)CC1. The van der Waals surface area contributed by atoms with Gasteiger partial charge in [0.2, 0.25) is 0 Å². The van der Waals surface area contributed by atoms with Gasteiger partial charge in [-0.25, -0.2) is 8.78 Å². The summed E-state index contributed by atoms with van der Waals surface area (Å²) < 4.78 is 56.4. The second-order valence-electron chi connectivity index (χ2n) is 8.50. The van der Waals surface area contributed by atoms with Crippen molar-refractivity contribution in [1.82, 2.24) is 0 Å². The average molecular weight is 398 g/mol. The van der Waals surface area contributed by atoms with Gasteiger partial charge in [-0.1, -0.05) is 18.9 Å². The largest absolute Gasteiger partial charge is 0.429 e. The second kappa shape index (κ2) is 9.80. The van der Waals surface area contributed by atoms with E-state index < -0.39 is 24.0 Å². The predicted molar refractivity (Wildman–Crippen MR) is 103 cm³/mol. The Morgan fingerprint density at radius 3 is 1.86 bits per heavy atom. The fraction of sp³-hybridized carbons (Fsp3) is 0.652. The van der Waals surface area contributed by atoms with Gasteiger partial charge in [0.1, 0.15) is 0 Å². The highest BCUT2D eigenvalue weighted by atomic mass is 19.3. The molecule has 0 radical (unpaired) electrons. The molecular formula is C23H30F4O. The summed E-state index contributed by atoms with van der Waals surface area (Å²) in [5.74, 6) is -0.781. The van der Waals surface area contributed by atoms with Crippen LogP contribution in [-0.2, 0) is 0 Å². The molecule has 1 aromatic rings. The lowest BCUT2D eigenvalue weighted by molar-refractivity contribution is -0.0546. The zero-order valence-electron chi connectivity index (χ0n) is 16.3. The minimum absolute atomic E-state index is 0.0869. The minimum Gasteiger partial charge on any atom is -0.429 e. The molecule has 2 aliphatic carbocycles. The van der Waals surface area contributed by atoms with Crippen LogP contribution in [0.1, 0.15) is 75.7 Å². The van der Waals surface area contributed by atoms with E-state index in [0.29, 0.717) is 17.4 Å². The molecular weight excluding hydrogens is 368 g/mol. The molecule has 0 saturated heterocycles.